The van der Waals surface area contributed by atoms with Crippen molar-refractivity contribution >= 4 is 11.3 Å². The summed E-state index contributed by atoms with van der Waals surface area (Å²) in [6, 6.07) is 0.633. The van der Waals surface area contributed by atoms with Gasteiger partial charge < -0.3 is 9.88 Å². The fraction of sp³-hybridized carbons (Fsp3) is 0.571. The zero-order chi connectivity index (χ0) is 13.9. The zero-order valence-corrected chi connectivity index (χ0v) is 12.8. The number of nitrogens with zero attached hydrogens (tertiary/aromatic N) is 3. The van der Waals surface area contributed by atoms with Gasteiger partial charge in [-0.05, 0) is 12.3 Å². The van der Waals surface area contributed by atoms with Crippen LogP contribution in [0.5, 0.6) is 0 Å². The summed E-state index contributed by atoms with van der Waals surface area (Å²) < 4.78 is 2.12. The average molecular weight is 278 g/mol. The molecule has 1 N–H and O–H groups in total. The lowest BCUT2D eigenvalue weighted by atomic mass is 9.86. The molecule has 2 rings (SSSR count). The van der Waals surface area contributed by atoms with Crippen molar-refractivity contribution in [1.29, 1.82) is 0 Å². The van der Waals surface area contributed by atoms with E-state index in [0.29, 0.717) is 6.04 Å². The van der Waals surface area contributed by atoms with Gasteiger partial charge in [0.1, 0.15) is 5.01 Å². The van der Waals surface area contributed by atoms with Gasteiger partial charge in [-0.15, -0.1) is 11.3 Å². The van der Waals surface area contributed by atoms with E-state index in [2.05, 4.69) is 47.5 Å². The topological polar surface area (TPSA) is 42.7 Å². The molecule has 2 atom stereocenters. The Balaban J connectivity index is 2.06. The third-order valence-electron chi connectivity index (χ3n) is 3.27. The molecule has 0 aromatic carbocycles. The maximum absolute atomic E-state index is 4.39. The van der Waals surface area contributed by atoms with Gasteiger partial charge in [-0.25, -0.2) is 9.97 Å². The molecule has 5 heteroatoms. The Bertz CT molecular complexity index is 470. The van der Waals surface area contributed by atoms with Crippen molar-refractivity contribution in [2.45, 2.75) is 46.3 Å². The van der Waals surface area contributed by atoms with Gasteiger partial charge in [0.2, 0.25) is 0 Å². The van der Waals surface area contributed by atoms with E-state index in [1.165, 1.54) is 0 Å². The standard InChI is InChI=1S/C14H22N4S/c1-11(13-16-6-8-19-13)17-12(14(2,3)4)9-18-7-5-15-10-18/h5-8,10-12,17H,9H2,1-4H3. The summed E-state index contributed by atoms with van der Waals surface area (Å²) >= 11 is 1.70. The molecule has 0 radical (unpaired) electrons. The second kappa shape index (κ2) is 5.84. The highest BCUT2D eigenvalue weighted by Gasteiger charge is 2.27. The van der Waals surface area contributed by atoms with Crippen LogP contribution in [0.1, 0.15) is 38.7 Å². The third kappa shape index (κ3) is 3.88. The molecular weight excluding hydrogens is 256 g/mol. The molecule has 0 aliphatic rings. The van der Waals surface area contributed by atoms with Gasteiger partial charge in [-0.3, -0.25) is 0 Å². The summed E-state index contributed by atoms with van der Waals surface area (Å²) in [7, 11) is 0. The Morgan fingerprint density at radius 3 is 2.68 bits per heavy atom. The molecule has 0 aliphatic heterocycles. The van der Waals surface area contributed by atoms with E-state index in [1.807, 2.05) is 30.3 Å². The summed E-state index contributed by atoms with van der Waals surface area (Å²) in [6.07, 6.45) is 7.56. The van der Waals surface area contributed by atoms with E-state index in [-0.39, 0.29) is 11.5 Å². The van der Waals surface area contributed by atoms with Gasteiger partial charge in [0, 0.05) is 36.6 Å². The van der Waals surface area contributed by atoms with Crippen molar-refractivity contribution in [3.8, 4) is 0 Å². The molecule has 0 saturated heterocycles. The molecule has 0 amide bonds. The van der Waals surface area contributed by atoms with Crippen molar-refractivity contribution in [2.24, 2.45) is 5.41 Å². The molecule has 19 heavy (non-hydrogen) atoms. The van der Waals surface area contributed by atoms with Crippen LogP contribution < -0.4 is 5.32 Å². The first-order valence-electron chi connectivity index (χ1n) is 6.58. The highest BCUT2D eigenvalue weighted by Crippen LogP contribution is 2.24. The smallest absolute Gasteiger partial charge is 0.109 e. The highest BCUT2D eigenvalue weighted by atomic mass is 32.1. The number of rotatable bonds is 5. The van der Waals surface area contributed by atoms with Gasteiger partial charge in [0.15, 0.2) is 0 Å². The molecule has 2 heterocycles. The summed E-state index contributed by atoms with van der Waals surface area (Å²) in [5.41, 5.74) is 0.176. The van der Waals surface area contributed by atoms with E-state index in [4.69, 9.17) is 0 Å². The zero-order valence-electron chi connectivity index (χ0n) is 12.0. The van der Waals surface area contributed by atoms with Crippen molar-refractivity contribution in [3.05, 3.63) is 35.3 Å². The second-order valence-corrected chi connectivity index (χ2v) is 6.86. The van der Waals surface area contributed by atoms with E-state index in [9.17, 15) is 0 Å². The summed E-state index contributed by atoms with van der Waals surface area (Å²) in [5.74, 6) is 0. The quantitative estimate of drug-likeness (QED) is 0.914. The van der Waals surface area contributed by atoms with Crippen LogP contribution in [0.4, 0.5) is 0 Å². The van der Waals surface area contributed by atoms with Gasteiger partial charge >= 0.3 is 0 Å². The van der Waals surface area contributed by atoms with Crippen LogP contribution in [-0.2, 0) is 6.54 Å². The molecule has 4 nitrogen and oxygen atoms in total. The minimum atomic E-state index is 0.176. The average Bonchev–Trinajstić information content (AvgIpc) is 2.99. The Kier molecular flexibility index (Phi) is 4.37. The van der Waals surface area contributed by atoms with Crippen molar-refractivity contribution in [3.63, 3.8) is 0 Å². The van der Waals surface area contributed by atoms with Crippen LogP contribution >= 0.6 is 11.3 Å². The molecular formula is C14H22N4S. The molecule has 0 spiro atoms. The lowest BCUT2D eigenvalue weighted by Gasteiger charge is -2.34. The monoisotopic (exact) mass is 278 g/mol. The molecule has 2 aromatic rings. The number of nitrogens with one attached hydrogen (secondary N) is 1. The lowest BCUT2D eigenvalue weighted by Crippen LogP contribution is -2.44. The SMILES string of the molecule is CC(NC(Cn1ccnc1)C(C)(C)C)c1nccs1. The van der Waals surface area contributed by atoms with Crippen LogP contribution in [0, 0.1) is 5.41 Å². The largest absolute Gasteiger partial charge is 0.336 e. The summed E-state index contributed by atoms with van der Waals surface area (Å²) in [6.45, 7) is 9.87. The van der Waals surface area contributed by atoms with Crippen molar-refractivity contribution < 1.29 is 0 Å². The Morgan fingerprint density at radius 2 is 2.16 bits per heavy atom. The van der Waals surface area contributed by atoms with Gasteiger partial charge in [0.05, 0.1) is 12.4 Å². The van der Waals surface area contributed by atoms with E-state index in [0.717, 1.165) is 11.6 Å². The molecule has 104 valence electrons. The fourth-order valence-electron chi connectivity index (χ4n) is 2.00. The first-order valence-corrected chi connectivity index (χ1v) is 7.46. The maximum atomic E-state index is 4.39. The number of hydrogen-bond donors (Lipinski definition) is 1. The van der Waals surface area contributed by atoms with Crippen molar-refractivity contribution in [2.75, 3.05) is 0 Å². The number of imidazole rings is 1. The molecule has 0 saturated carbocycles. The predicted molar refractivity (Wildman–Crippen MR) is 79.1 cm³/mol. The Hall–Kier alpha value is -1.20. The van der Waals surface area contributed by atoms with Crippen LogP contribution in [0.25, 0.3) is 0 Å². The second-order valence-electron chi connectivity index (χ2n) is 5.94. The minimum absolute atomic E-state index is 0.176. The van der Waals surface area contributed by atoms with Crippen LogP contribution in [-0.4, -0.2) is 20.6 Å². The first-order chi connectivity index (χ1) is 8.97. The molecule has 2 aromatic heterocycles. The lowest BCUT2D eigenvalue weighted by molar-refractivity contribution is 0.225. The van der Waals surface area contributed by atoms with Gasteiger partial charge in [-0.1, -0.05) is 20.8 Å². The van der Waals surface area contributed by atoms with Gasteiger partial charge in [-0.2, -0.15) is 0 Å². The molecule has 0 aliphatic carbocycles. The Morgan fingerprint density at radius 1 is 1.37 bits per heavy atom. The molecule has 2 unspecified atom stereocenters. The number of aromatic nitrogens is 3. The summed E-state index contributed by atoms with van der Waals surface area (Å²) in [4.78, 5) is 8.50. The fourth-order valence-corrected chi connectivity index (χ4v) is 2.66. The van der Waals surface area contributed by atoms with Crippen LogP contribution in [0.15, 0.2) is 30.3 Å². The highest BCUT2D eigenvalue weighted by molar-refractivity contribution is 7.09. The maximum Gasteiger partial charge on any atom is 0.109 e. The number of hydrogen-bond acceptors (Lipinski definition) is 4. The van der Waals surface area contributed by atoms with E-state index < -0.39 is 0 Å². The minimum Gasteiger partial charge on any atom is -0.336 e. The Labute approximate surface area is 118 Å². The molecule has 0 fully saturated rings. The van der Waals surface area contributed by atoms with Gasteiger partial charge in [0.25, 0.3) is 0 Å². The number of thiazole rings is 1. The van der Waals surface area contributed by atoms with Crippen LogP contribution in [0.3, 0.4) is 0 Å². The van der Waals surface area contributed by atoms with E-state index >= 15 is 0 Å². The van der Waals surface area contributed by atoms with Crippen molar-refractivity contribution in [1.82, 2.24) is 19.9 Å². The first kappa shape index (κ1) is 14.2. The normalized spacial score (nSPS) is 15.4. The van der Waals surface area contributed by atoms with Crippen LogP contribution in [0.2, 0.25) is 0 Å². The third-order valence-corrected chi connectivity index (χ3v) is 4.23. The predicted octanol–water partition coefficient (Wildman–Crippen LogP) is 3.11. The summed E-state index contributed by atoms with van der Waals surface area (Å²) in [5, 5.41) is 6.86. The molecule has 0 bridgehead atoms. The van der Waals surface area contributed by atoms with E-state index in [1.54, 1.807) is 11.3 Å².